The van der Waals surface area contributed by atoms with E-state index in [1.165, 1.54) is 24.3 Å². The molecule has 0 N–H and O–H groups in total. The van der Waals surface area contributed by atoms with Crippen molar-refractivity contribution < 1.29 is 48.5 Å². The van der Waals surface area contributed by atoms with Crippen molar-refractivity contribution in [1.82, 2.24) is 4.90 Å². The monoisotopic (exact) mass is 525 g/mol. The van der Waals surface area contributed by atoms with Gasteiger partial charge < -0.3 is 13.8 Å². The highest BCUT2D eigenvalue weighted by molar-refractivity contribution is 7.86. The van der Waals surface area contributed by atoms with E-state index in [9.17, 15) is 39.6 Å². The number of alkyl halides is 6. The van der Waals surface area contributed by atoms with E-state index in [2.05, 4.69) is 0 Å². The van der Waals surface area contributed by atoms with Crippen LogP contribution in [-0.2, 0) is 33.8 Å². The van der Waals surface area contributed by atoms with E-state index >= 15 is 0 Å². The molecule has 1 aliphatic heterocycles. The first-order valence-corrected chi connectivity index (χ1v) is 12.1. The van der Waals surface area contributed by atoms with Gasteiger partial charge in [0.05, 0.1) is 23.5 Å². The molecule has 192 valence electrons. The SMILES string of the molecule is CS(=O)(=O)Oc1ccc(CN(CC2CCCO2)C(=O)c2cc(C(F)(F)F)cc(C(F)(F)F)c2)cc1. The lowest BCUT2D eigenvalue weighted by Crippen LogP contribution is -2.37. The Hall–Kier alpha value is -2.80. The highest BCUT2D eigenvalue weighted by Crippen LogP contribution is 2.36. The van der Waals surface area contributed by atoms with Crippen LogP contribution < -0.4 is 4.18 Å². The number of carbonyl (C=O) groups excluding carboxylic acids is 1. The van der Waals surface area contributed by atoms with Crippen LogP contribution in [0.25, 0.3) is 0 Å². The lowest BCUT2D eigenvalue weighted by Gasteiger charge is -2.26. The molecular weight excluding hydrogens is 504 g/mol. The van der Waals surface area contributed by atoms with E-state index in [0.29, 0.717) is 37.1 Å². The number of carbonyl (C=O) groups is 1. The molecule has 1 aliphatic rings. The van der Waals surface area contributed by atoms with Gasteiger partial charge in [0.15, 0.2) is 0 Å². The van der Waals surface area contributed by atoms with E-state index < -0.39 is 51.2 Å². The molecule has 1 atom stereocenters. The van der Waals surface area contributed by atoms with Crippen LogP contribution in [0, 0.1) is 0 Å². The number of rotatable bonds is 7. The Morgan fingerprint density at radius 2 is 1.60 bits per heavy atom. The number of amides is 1. The van der Waals surface area contributed by atoms with Gasteiger partial charge in [-0.3, -0.25) is 4.79 Å². The molecule has 0 spiro atoms. The topological polar surface area (TPSA) is 72.9 Å². The summed E-state index contributed by atoms with van der Waals surface area (Å²) >= 11 is 0. The van der Waals surface area contributed by atoms with Crippen LogP contribution in [0.5, 0.6) is 5.75 Å². The zero-order valence-electron chi connectivity index (χ0n) is 18.3. The smallest absolute Gasteiger partial charge is 0.383 e. The number of halogens is 6. The van der Waals surface area contributed by atoms with E-state index in [0.717, 1.165) is 11.2 Å². The van der Waals surface area contributed by atoms with Gasteiger partial charge in [0.1, 0.15) is 5.75 Å². The van der Waals surface area contributed by atoms with Gasteiger partial charge in [0, 0.05) is 25.3 Å². The number of nitrogens with zero attached hydrogens (tertiary/aromatic N) is 1. The van der Waals surface area contributed by atoms with Crippen LogP contribution in [0.15, 0.2) is 42.5 Å². The van der Waals surface area contributed by atoms with Gasteiger partial charge in [0.2, 0.25) is 0 Å². The first-order chi connectivity index (χ1) is 16.1. The molecule has 2 aromatic carbocycles. The Balaban J connectivity index is 1.94. The molecule has 6 nitrogen and oxygen atoms in total. The summed E-state index contributed by atoms with van der Waals surface area (Å²) < 4.78 is 112. The van der Waals surface area contributed by atoms with Crippen molar-refractivity contribution in [3.8, 4) is 5.75 Å². The fraction of sp³-hybridized carbons (Fsp3) is 0.409. The van der Waals surface area contributed by atoms with E-state index in [1.54, 1.807) is 0 Å². The Morgan fingerprint density at radius 3 is 2.06 bits per heavy atom. The first-order valence-electron chi connectivity index (χ1n) is 10.3. The number of benzene rings is 2. The van der Waals surface area contributed by atoms with Gasteiger partial charge in [-0.1, -0.05) is 12.1 Å². The van der Waals surface area contributed by atoms with Crippen LogP contribution in [0.1, 0.15) is 39.9 Å². The third-order valence-electron chi connectivity index (χ3n) is 5.11. The Bertz CT molecular complexity index is 1120. The highest BCUT2D eigenvalue weighted by Gasteiger charge is 2.38. The summed E-state index contributed by atoms with van der Waals surface area (Å²) in [6.45, 7) is 0.194. The van der Waals surface area contributed by atoms with Gasteiger partial charge in [-0.2, -0.15) is 34.8 Å². The maximum absolute atomic E-state index is 13.3. The molecular formula is C22H21F6NO5S. The molecule has 1 unspecified atom stereocenters. The van der Waals surface area contributed by atoms with Gasteiger partial charge >= 0.3 is 22.5 Å². The molecule has 3 rings (SSSR count). The zero-order chi connectivity index (χ0) is 26.0. The molecule has 1 saturated heterocycles. The zero-order valence-corrected chi connectivity index (χ0v) is 19.1. The van der Waals surface area contributed by atoms with Crippen LogP contribution >= 0.6 is 0 Å². The van der Waals surface area contributed by atoms with Gasteiger partial charge in [0.25, 0.3) is 5.91 Å². The summed E-state index contributed by atoms with van der Waals surface area (Å²) in [5.74, 6) is -1.03. The number of ether oxygens (including phenoxy) is 1. The molecule has 0 bridgehead atoms. The predicted octanol–water partition coefficient (Wildman–Crippen LogP) is 4.88. The lowest BCUT2D eigenvalue weighted by molar-refractivity contribution is -0.143. The summed E-state index contributed by atoms with van der Waals surface area (Å²) in [7, 11) is -3.78. The van der Waals surface area contributed by atoms with E-state index in [4.69, 9.17) is 8.92 Å². The second-order valence-corrected chi connectivity index (χ2v) is 9.62. The molecule has 2 aromatic rings. The average molecular weight is 525 g/mol. The minimum atomic E-state index is -5.09. The van der Waals surface area contributed by atoms with E-state index in [-0.39, 0.29) is 24.9 Å². The predicted molar refractivity (Wildman–Crippen MR) is 112 cm³/mol. The normalized spacial score (nSPS) is 16.8. The van der Waals surface area contributed by atoms with Crippen molar-refractivity contribution in [3.05, 3.63) is 64.7 Å². The van der Waals surface area contributed by atoms with Crippen molar-refractivity contribution in [3.63, 3.8) is 0 Å². The largest absolute Gasteiger partial charge is 0.416 e. The van der Waals surface area contributed by atoms with Crippen molar-refractivity contribution in [2.75, 3.05) is 19.4 Å². The fourth-order valence-electron chi connectivity index (χ4n) is 3.56. The third-order valence-corrected chi connectivity index (χ3v) is 5.61. The number of hydrogen-bond acceptors (Lipinski definition) is 5. The summed E-state index contributed by atoms with van der Waals surface area (Å²) in [6.07, 6.45) is -8.49. The van der Waals surface area contributed by atoms with Crippen LogP contribution in [0.3, 0.4) is 0 Å². The van der Waals surface area contributed by atoms with Crippen molar-refractivity contribution >= 4 is 16.0 Å². The van der Waals surface area contributed by atoms with Crippen molar-refractivity contribution in [1.29, 1.82) is 0 Å². The molecule has 1 fully saturated rings. The van der Waals surface area contributed by atoms with Crippen molar-refractivity contribution in [2.45, 2.75) is 37.8 Å². The summed E-state index contributed by atoms with van der Waals surface area (Å²) in [5, 5.41) is 0. The Morgan fingerprint density at radius 1 is 1.03 bits per heavy atom. The molecule has 0 saturated carbocycles. The molecule has 1 amide bonds. The molecule has 35 heavy (non-hydrogen) atoms. The minimum absolute atomic E-state index is 0.000880. The second-order valence-electron chi connectivity index (χ2n) is 8.05. The summed E-state index contributed by atoms with van der Waals surface area (Å²) in [6, 6.07) is 6.25. The highest BCUT2D eigenvalue weighted by atomic mass is 32.2. The second kappa shape index (κ2) is 10.1. The van der Waals surface area contributed by atoms with Gasteiger partial charge in [-0.05, 0) is 48.7 Å². The first kappa shape index (κ1) is 26.8. The summed E-state index contributed by atoms with van der Waals surface area (Å²) in [5.41, 5.74) is -3.49. The van der Waals surface area contributed by atoms with Crippen molar-refractivity contribution in [2.24, 2.45) is 0 Å². The Kier molecular flexibility index (Phi) is 7.70. The standard InChI is InChI=1S/C22H21F6NO5S/c1-35(31,32)34-18-6-4-14(5-7-18)12-29(13-19-3-2-8-33-19)20(30)15-9-16(21(23,24)25)11-17(10-15)22(26,27)28/h4-7,9-11,19H,2-3,8,12-13H2,1H3. The van der Waals surface area contributed by atoms with Crippen LogP contribution in [0.2, 0.25) is 0 Å². The minimum Gasteiger partial charge on any atom is -0.383 e. The summed E-state index contributed by atoms with van der Waals surface area (Å²) in [4.78, 5) is 14.3. The Labute approximate surface area is 197 Å². The third kappa shape index (κ3) is 7.59. The lowest BCUT2D eigenvalue weighted by atomic mass is 10.0. The maximum Gasteiger partial charge on any atom is 0.416 e. The molecule has 0 aromatic heterocycles. The van der Waals surface area contributed by atoms with Gasteiger partial charge in [-0.15, -0.1) is 0 Å². The van der Waals surface area contributed by atoms with Crippen LogP contribution in [-0.4, -0.2) is 44.7 Å². The van der Waals surface area contributed by atoms with E-state index in [1.807, 2.05) is 0 Å². The van der Waals surface area contributed by atoms with Crippen LogP contribution in [0.4, 0.5) is 26.3 Å². The molecule has 13 heteroatoms. The van der Waals surface area contributed by atoms with Gasteiger partial charge in [-0.25, -0.2) is 0 Å². The quantitative estimate of drug-likeness (QED) is 0.381. The number of hydrogen-bond donors (Lipinski definition) is 0. The molecule has 0 radical (unpaired) electrons. The fourth-order valence-corrected chi connectivity index (χ4v) is 4.02. The molecule has 1 heterocycles. The maximum atomic E-state index is 13.3. The molecule has 0 aliphatic carbocycles. The average Bonchev–Trinajstić information content (AvgIpc) is 3.24.